The van der Waals surface area contributed by atoms with E-state index >= 15 is 0 Å². The van der Waals surface area contributed by atoms with Crippen LogP contribution in [0.4, 0.5) is 24.0 Å². The minimum atomic E-state index is -4.45. The third-order valence-electron chi connectivity index (χ3n) is 6.53. The van der Waals surface area contributed by atoms with Gasteiger partial charge in [-0.1, -0.05) is 53.4 Å². The van der Waals surface area contributed by atoms with Crippen molar-refractivity contribution in [2.24, 2.45) is 5.73 Å². The van der Waals surface area contributed by atoms with Crippen LogP contribution in [0.3, 0.4) is 0 Å². The van der Waals surface area contributed by atoms with Crippen molar-refractivity contribution in [1.82, 2.24) is 10.2 Å². The van der Waals surface area contributed by atoms with E-state index in [1.807, 2.05) is 0 Å². The van der Waals surface area contributed by atoms with Gasteiger partial charge in [0.1, 0.15) is 5.82 Å². The lowest BCUT2D eigenvalue weighted by Gasteiger charge is -2.38. The van der Waals surface area contributed by atoms with Crippen molar-refractivity contribution in [2.45, 2.75) is 41.4 Å². The molecule has 1 aromatic heterocycles. The molecule has 0 saturated heterocycles. The molecule has 0 saturated carbocycles. The van der Waals surface area contributed by atoms with Gasteiger partial charge in [-0.05, 0) is 30.0 Å². The minimum Gasteiger partial charge on any atom is -0.384 e. The molecule has 3 aromatic rings. The Morgan fingerprint density at radius 1 is 1.20 bits per heavy atom. The van der Waals surface area contributed by atoms with Crippen LogP contribution in [0.2, 0.25) is 0 Å². The number of carbonyl (C=O) groups is 1. The Morgan fingerprint density at radius 3 is 2.70 bits per heavy atom. The normalized spacial score (nSPS) is 17.6. The van der Waals surface area contributed by atoms with Gasteiger partial charge in [0.05, 0.1) is 28.0 Å². The first kappa shape index (κ1) is 27.4. The number of benzene rings is 2. The second kappa shape index (κ2) is 10.7. The van der Waals surface area contributed by atoms with Crippen LogP contribution in [0, 0.1) is 21.4 Å². The molecule has 0 spiro atoms. The van der Waals surface area contributed by atoms with Crippen LogP contribution in [0.5, 0.6) is 0 Å². The van der Waals surface area contributed by atoms with Gasteiger partial charge in [0.15, 0.2) is 10.1 Å². The molecule has 9 nitrogen and oxygen atoms in total. The molecular weight excluding hydrogens is 565 g/mol. The number of allylic oxidation sites excluding steroid dienone is 3. The molecule has 2 aliphatic rings. The van der Waals surface area contributed by atoms with Gasteiger partial charge in [0, 0.05) is 35.6 Å². The molecule has 1 aliphatic carbocycles. The third-order valence-corrected chi connectivity index (χ3v) is 8.64. The van der Waals surface area contributed by atoms with Gasteiger partial charge in [-0.15, -0.1) is 10.2 Å². The van der Waals surface area contributed by atoms with Gasteiger partial charge >= 0.3 is 6.18 Å². The highest BCUT2D eigenvalue weighted by Gasteiger charge is 2.41. The molecule has 0 amide bonds. The van der Waals surface area contributed by atoms with E-state index in [1.165, 1.54) is 40.9 Å². The highest BCUT2D eigenvalue weighted by molar-refractivity contribution is 8.00. The Kier molecular flexibility index (Phi) is 7.35. The molecule has 1 aliphatic heterocycles. The Hall–Kier alpha value is -4.22. The average molecular weight is 585 g/mol. The van der Waals surface area contributed by atoms with Crippen LogP contribution in [-0.4, -0.2) is 20.9 Å². The van der Waals surface area contributed by atoms with Crippen LogP contribution in [0.15, 0.2) is 75.5 Å². The van der Waals surface area contributed by atoms with Crippen molar-refractivity contribution in [3.63, 3.8) is 0 Å². The largest absolute Gasteiger partial charge is 0.416 e. The first-order valence-corrected chi connectivity index (χ1v) is 13.7. The highest BCUT2D eigenvalue weighted by Crippen LogP contribution is 2.47. The number of halogens is 3. The maximum absolute atomic E-state index is 13.2. The Bertz CT molecular complexity index is 1630. The maximum atomic E-state index is 13.2. The van der Waals surface area contributed by atoms with Crippen LogP contribution in [0.1, 0.15) is 41.9 Å². The number of nitriles is 1. The van der Waals surface area contributed by atoms with E-state index in [4.69, 9.17) is 5.73 Å². The summed E-state index contributed by atoms with van der Waals surface area (Å²) in [7, 11) is 0. The fourth-order valence-corrected chi connectivity index (χ4v) is 6.61. The van der Waals surface area contributed by atoms with Gasteiger partial charge in [-0.2, -0.15) is 18.4 Å². The van der Waals surface area contributed by atoms with Crippen molar-refractivity contribution >= 4 is 39.7 Å². The molecule has 14 heteroatoms. The first-order valence-electron chi connectivity index (χ1n) is 11.9. The summed E-state index contributed by atoms with van der Waals surface area (Å²) >= 11 is 2.33. The van der Waals surface area contributed by atoms with Crippen molar-refractivity contribution in [3.8, 4) is 6.07 Å². The number of nitrogens with zero attached hydrogens (tertiary/aromatic N) is 5. The summed E-state index contributed by atoms with van der Waals surface area (Å²) in [6, 6.07) is 12.9. The zero-order valence-corrected chi connectivity index (χ0v) is 22.1. The van der Waals surface area contributed by atoms with Crippen LogP contribution >= 0.6 is 23.1 Å². The number of nitro groups is 1. The summed E-state index contributed by atoms with van der Waals surface area (Å²) in [5.41, 5.74) is 7.41. The summed E-state index contributed by atoms with van der Waals surface area (Å²) in [5.74, 6) is -0.800. The lowest BCUT2D eigenvalue weighted by Crippen LogP contribution is -2.38. The smallest absolute Gasteiger partial charge is 0.384 e. The SMILES string of the molecule is N#CC1=C(N)N(c2nnc(SCc3cccc(C(F)(F)F)c3)s2)C2=C(C(=O)CCC2)[C@H]1c1cccc([N+](=O)[O-])c1. The van der Waals surface area contributed by atoms with Crippen molar-refractivity contribution < 1.29 is 22.9 Å². The molecule has 2 aromatic carbocycles. The quantitative estimate of drug-likeness (QED) is 0.208. The minimum absolute atomic E-state index is 0.0398. The maximum Gasteiger partial charge on any atom is 0.416 e. The van der Waals surface area contributed by atoms with Crippen LogP contribution in [0.25, 0.3) is 0 Å². The molecule has 0 unspecified atom stereocenters. The van der Waals surface area contributed by atoms with Crippen LogP contribution in [-0.2, 0) is 16.7 Å². The van der Waals surface area contributed by atoms with E-state index in [0.717, 1.165) is 23.5 Å². The van der Waals surface area contributed by atoms with Gasteiger partial charge < -0.3 is 5.73 Å². The standard InChI is InChI=1S/C26H19F3N6O3S2/c27-26(28,29)16-6-1-4-14(10-16)13-39-25-33-32-24(40-25)34-19-8-3-9-20(36)22(19)21(18(12-30)23(34)31)15-5-2-7-17(11-15)35(37)38/h1-2,4-7,10-11,21H,3,8-9,13,31H2/t21-/m0/s1. The number of Topliss-reactive ketones (excluding diaryl/α,β-unsaturated/α-hetero) is 1. The van der Waals surface area contributed by atoms with Gasteiger partial charge in [-0.25, -0.2) is 0 Å². The number of aromatic nitrogens is 2. The average Bonchev–Trinajstić information content (AvgIpc) is 3.39. The lowest BCUT2D eigenvalue weighted by atomic mass is 9.75. The molecule has 204 valence electrons. The molecule has 2 N–H and O–H groups in total. The summed E-state index contributed by atoms with van der Waals surface area (Å²) < 4.78 is 39.6. The Morgan fingerprint density at radius 2 is 1.98 bits per heavy atom. The number of alkyl halides is 3. The number of ketones is 1. The number of anilines is 1. The van der Waals surface area contributed by atoms with E-state index in [9.17, 15) is 33.3 Å². The zero-order chi connectivity index (χ0) is 28.6. The molecule has 40 heavy (non-hydrogen) atoms. The predicted octanol–water partition coefficient (Wildman–Crippen LogP) is 6.06. The van der Waals surface area contributed by atoms with Crippen LogP contribution < -0.4 is 10.6 Å². The number of thioether (sulfide) groups is 1. The van der Waals surface area contributed by atoms with Gasteiger partial charge in [0.2, 0.25) is 5.13 Å². The van der Waals surface area contributed by atoms with E-state index < -0.39 is 22.6 Å². The van der Waals surface area contributed by atoms with Gasteiger partial charge in [0.25, 0.3) is 5.69 Å². The first-order chi connectivity index (χ1) is 19.1. The molecule has 1 atom stereocenters. The molecule has 5 rings (SSSR count). The highest BCUT2D eigenvalue weighted by atomic mass is 32.2. The fourth-order valence-electron chi connectivity index (χ4n) is 4.79. The zero-order valence-electron chi connectivity index (χ0n) is 20.5. The summed E-state index contributed by atoms with van der Waals surface area (Å²) in [5, 5.41) is 30.2. The lowest BCUT2D eigenvalue weighted by molar-refractivity contribution is -0.384. The molecule has 2 heterocycles. The molecular formula is C26H19F3N6O3S2. The second-order valence-electron chi connectivity index (χ2n) is 9.01. The third kappa shape index (κ3) is 5.17. The predicted molar refractivity (Wildman–Crippen MR) is 142 cm³/mol. The summed E-state index contributed by atoms with van der Waals surface area (Å²) in [6.45, 7) is 0. The number of rotatable bonds is 6. The topological polar surface area (TPSA) is 139 Å². The van der Waals surface area contributed by atoms with E-state index in [2.05, 4.69) is 16.3 Å². The van der Waals surface area contributed by atoms with Crippen molar-refractivity contribution in [1.29, 1.82) is 5.26 Å². The van der Waals surface area contributed by atoms with E-state index in [1.54, 1.807) is 12.1 Å². The Labute approximate surface area is 234 Å². The van der Waals surface area contributed by atoms with Crippen molar-refractivity contribution in [3.05, 3.63) is 98.0 Å². The Balaban J connectivity index is 1.49. The monoisotopic (exact) mass is 584 g/mol. The number of carbonyl (C=O) groups excluding carboxylic acids is 1. The summed E-state index contributed by atoms with van der Waals surface area (Å²) in [6.07, 6.45) is -3.19. The molecule has 0 fully saturated rings. The fraction of sp³-hybridized carbons (Fsp3) is 0.231. The number of non-ortho nitro benzene ring substituents is 1. The molecule has 0 radical (unpaired) electrons. The van der Waals surface area contributed by atoms with Crippen molar-refractivity contribution in [2.75, 3.05) is 4.90 Å². The second-order valence-corrected chi connectivity index (χ2v) is 11.2. The molecule has 0 bridgehead atoms. The summed E-state index contributed by atoms with van der Waals surface area (Å²) in [4.78, 5) is 25.6. The number of hydrogen-bond acceptors (Lipinski definition) is 10. The van der Waals surface area contributed by atoms with Gasteiger partial charge in [-0.3, -0.25) is 19.8 Å². The van der Waals surface area contributed by atoms with E-state index in [-0.39, 0.29) is 35.0 Å². The number of nitro benzene ring substituents is 1. The van der Waals surface area contributed by atoms with E-state index in [0.29, 0.717) is 44.7 Å². The number of hydrogen-bond donors (Lipinski definition) is 1. The number of nitrogens with two attached hydrogens (primary N) is 1.